The molecule has 0 saturated carbocycles. The lowest BCUT2D eigenvalue weighted by Gasteiger charge is -2.37. The summed E-state index contributed by atoms with van der Waals surface area (Å²) in [6, 6.07) is 4.88. The maximum Gasteiger partial charge on any atom is 0.0159 e. The minimum Gasteiger partial charge on any atom is -0.365 e. The maximum atomic E-state index is 3.66. The molecule has 1 aliphatic heterocycles. The Kier molecular flexibility index (Phi) is 3.66. The van der Waals surface area contributed by atoms with E-state index in [0.29, 0.717) is 11.6 Å². The van der Waals surface area contributed by atoms with Gasteiger partial charge in [-0.2, -0.15) is 0 Å². The van der Waals surface area contributed by atoms with Gasteiger partial charge in [0, 0.05) is 30.0 Å². The second-order valence-corrected chi connectivity index (χ2v) is 5.40. The van der Waals surface area contributed by atoms with Gasteiger partial charge in [-0.3, -0.25) is 0 Å². The van der Waals surface area contributed by atoms with E-state index in [-0.39, 0.29) is 0 Å². The lowest BCUT2D eigenvalue weighted by atomic mass is 9.89. The van der Waals surface area contributed by atoms with Crippen LogP contribution in [0.1, 0.15) is 32.4 Å². The van der Waals surface area contributed by atoms with Crippen molar-refractivity contribution in [3.63, 3.8) is 0 Å². The number of hydrogen-bond acceptors (Lipinski definition) is 2. The van der Waals surface area contributed by atoms with Crippen molar-refractivity contribution in [1.82, 2.24) is 15.6 Å². The first kappa shape index (κ1) is 11.7. The van der Waals surface area contributed by atoms with Crippen LogP contribution in [0, 0.1) is 0 Å². The van der Waals surface area contributed by atoms with Crippen LogP contribution in [-0.2, 0) is 6.42 Å². The Hall–Kier alpha value is -0.800. The highest BCUT2D eigenvalue weighted by atomic mass is 15.0. The highest BCUT2D eigenvalue weighted by molar-refractivity contribution is 5.04. The van der Waals surface area contributed by atoms with Crippen molar-refractivity contribution in [3.05, 3.63) is 24.0 Å². The Morgan fingerprint density at radius 1 is 1.50 bits per heavy atom. The number of aromatic nitrogens is 1. The monoisotopic (exact) mass is 221 g/mol. The average Bonchev–Trinajstić information content (AvgIpc) is 2.69. The molecule has 1 aromatic heterocycles. The smallest absolute Gasteiger partial charge is 0.0159 e. The summed E-state index contributed by atoms with van der Waals surface area (Å²) in [5, 5.41) is 7.20. The molecule has 1 fully saturated rings. The Bertz CT molecular complexity index is 303. The van der Waals surface area contributed by atoms with Crippen LogP contribution in [0.25, 0.3) is 0 Å². The summed E-state index contributed by atoms with van der Waals surface area (Å²) in [5.41, 5.74) is 1.61. The van der Waals surface area contributed by atoms with E-state index in [2.05, 4.69) is 41.6 Å². The fraction of sp³-hybridized carbons (Fsp3) is 0.692. The highest BCUT2D eigenvalue weighted by Gasteiger charge is 2.26. The Balaban J connectivity index is 1.70. The summed E-state index contributed by atoms with van der Waals surface area (Å²) in [6.45, 7) is 6.77. The predicted octanol–water partition coefficient (Wildman–Crippen LogP) is 1.68. The lowest BCUT2D eigenvalue weighted by molar-refractivity contribution is 0.249. The van der Waals surface area contributed by atoms with Crippen LogP contribution in [-0.4, -0.2) is 29.7 Å². The molecule has 3 N–H and O–H groups in total. The van der Waals surface area contributed by atoms with Crippen LogP contribution in [0.5, 0.6) is 0 Å². The lowest BCUT2D eigenvalue weighted by Crippen LogP contribution is -2.52. The summed E-state index contributed by atoms with van der Waals surface area (Å²) in [7, 11) is 0. The largest absolute Gasteiger partial charge is 0.365 e. The van der Waals surface area contributed by atoms with Gasteiger partial charge in [-0.1, -0.05) is 0 Å². The van der Waals surface area contributed by atoms with E-state index in [1.165, 1.54) is 18.5 Å². The summed E-state index contributed by atoms with van der Waals surface area (Å²) in [4.78, 5) is 3.24. The van der Waals surface area contributed by atoms with Gasteiger partial charge in [0.2, 0.25) is 0 Å². The number of nitrogens with one attached hydrogen (secondary N) is 3. The second-order valence-electron chi connectivity index (χ2n) is 5.40. The van der Waals surface area contributed by atoms with Crippen LogP contribution in [0.15, 0.2) is 18.3 Å². The molecule has 2 rings (SSSR count). The fourth-order valence-corrected chi connectivity index (χ4v) is 2.48. The van der Waals surface area contributed by atoms with Crippen molar-refractivity contribution >= 4 is 0 Å². The Morgan fingerprint density at radius 3 is 3.06 bits per heavy atom. The molecule has 0 amide bonds. The molecule has 2 heterocycles. The first-order chi connectivity index (χ1) is 7.66. The molecule has 0 aliphatic carbocycles. The van der Waals surface area contributed by atoms with Crippen molar-refractivity contribution in [2.45, 2.75) is 44.7 Å². The standard InChI is InChI=1S/C13H23N3/c1-13(2)10-12(6-9-16-13)15-8-5-11-4-3-7-14-11/h3-4,7,12,14-16H,5-6,8-10H2,1-2H3. The molecular weight excluding hydrogens is 198 g/mol. The van der Waals surface area contributed by atoms with E-state index in [9.17, 15) is 0 Å². The quantitative estimate of drug-likeness (QED) is 0.724. The number of piperidine rings is 1. The molecule has 1 unspecified atom stereocenters. The zero-order valence-electron chi connectivity index (χ0n) is 10.3. The molecule has 1 atom stereocenters. The van der Waals surface area contributed by atoms with Crippen molar-refractivity contribution in [2.75, 3.05) is 13.1 Å². The van der Waals surface area contributed by atoms with E-state index < -0.39 is 0 Å². The van der Waals surface area contributed by atoms with Gasteiger partial charge in [0.05, 0.1) is 0 Å². The van der Waals surface area contributed by atoms with Crippen molar-refractivity contribution < 1.29 is 0 Å². The summed E-state index contributed by atoms with van der Waals surface area (Å²) >= 11 is 0. The molecule has 1 aromatic rings. The van der Waals surface area contributed by atoms with E-state index in [1.807, 2.05) is 6.20 Å². The van der Waals surface area contributed by atoms with Gasteiger partial charge >= 0.3 is 0 Å². The zero-order chi connectivity index (χ0) is 11.4. The van der Waals surface area contributed by atoms with Gasteiger partial charge in [0.25, 0.3) is 0 Å². The van der Waals surface area contributed by atoms with Crippen LogP contribution in [0.4, 0.5) is 0 Å². The number of H-pyrrole nitrogens is 1. The Labute approximate surface area is 98.0 Å². The van der Waals surface area contributed by atoms with Crippen LogP contribution >= 0.6 is 0 Å². The van der Waals surface area contributed by atoms with Crippen molar-refractivity contribution in [2.24, 2.45) is 0 Å². The normalized spacial score (nSPS) is 24.5. The fourth-order valence-electron chi connectivity index (χ4n) is 2.48. The molecule has 0 aromatic carbocycles. The second kappa shape index (κ2) is 5.02. The molecular formula is C13H23N3. The summed E-state index contributed by atoms with van der Waals surface area (Å²) in [6.07, 6.45) is 5.55. The number of rotatable bonds is 4. The SMILES string of the molecule is CC1(C)CC(NCCc2ccc[nH]2)CCN1. The van der Waals surface area contributed by atoms with Gasteiger partial charge in [0.1, 0.15) is 0 Å². The molecule has 0 radical (unpaired) electrons. The topological polar surface area (TPSA) is 39.9 Å². The molecule has 1 saturated heterocycles. The molecule has 90 valence electrons. The van der Waals surface area contributed by atoms with Gasteiger partial charge in [-0.25, -0.2) is 0 Å². The third kappa shape index (κ3) is 3.35. The van der Waals surface area contributed by atoms with E-state index >= 15 is 0 Å². The van der Waals surface area contributed by atoms with E-state index in [1.54, 1.807) is 0 Å². The molecule has 16 heavy (non-hydrogen) atoms. The van der Waals surface area contributed by atoms with Crippen LogP contribution in [0.2, 0.25) is 0 Å². The number of aromatic amines is 1. The van der Waals surface area contributed by atoms with Gasteiger partial charge < -0.3 is 15.6 Å². The molecule has 3 nitrogen and oxygen atoms in total. The minimum atomic E-state index is 0.294. The maximum absolute atomic E-state index is 3.66. The molecule has 1 aliphatic rings. The van der Waals surface area contributed by atoms with E-state index in [0.717, 1.165) is 19.5 Å². The predicted molar refractivity (Wildman–Crippen MR) is 67.6 cm³/mol. The number of hydrogen-bond donors (Lipinski definition) is 3. The summed E-state index contributed by atoms with van der Waals surface area (Å²) in [5.74, 6) is 0. The average molecular weight is 221 g/mol. The summed E-state index contributed by atoms with van der Waals surface area (Å²) < 4.78 is 0. The van der Waals surface area contributed by atoms with Crippen LogP contribution < -0.4 is 10.6 Å². The first-order valence-electron chi connectivity index (χ1n) is 6.26. The molecule has 0 spiro atoms. The van der Waals surface area contributed by atoms with Gasteiger partial charge in [-0.05, 0) is 51.8 Å². The van der Waals surface area contributed by atoms with Gasteiger partial charge in [-0.15, -0.1) is 0 Å². The third-order valence-electron chi connectivity index (χ3n) is 3.34. The third-order valence-corrected chi connectivity index (χ3v) is 3.34. The Morgan fingerprint density at radius 2 is 2.38 bits per heavy atom. The van der Waals surface area contributed by atoms with Crippen molar-refractivity contribution in [1.29, 1.82) is 0 Å². The first-order valence-corrected chi connectivity index (χ1v) is 6.26. The van der Waals surface area contributed by atoms with E-state index in [4.69, 9.17) is 0 Å². The molecule has 0 bridgehead atoms. The highest BCUT2D eigenvalue weighted by Crippen LogP contribution is 2.18. The zero-order valence-corrected chi connectivity index (χ0v) is 10.3. The van der Waals surface area contributed by atoms with Gasteiger partial charge in [0.15, 0.2) is 0 Å². The van der Waals surface area contributed by atoms with Crippen molar-refractivity contribution in [3.8, 4) is 0 Å². The molecule has 3 heteroatoms. The van der Waals surface area contributed by atoms with Crippen LogP contribution in [0.3, 0.4) is 0 Å². The minimum absolute atomic E-state index is 0.294.